The lowest BCUT2D eigenvalue weighted by atomic mass is 10.5. The summed E-state index contributed by atoms with van der Waals surface area (Å²) in [5, 5.41) is 0. The first-order chi connectivity index (χ1) is 9.42. The zero-order chi connectivity index (χ0) is 17.1. The van der Waals surface area contributed by atoms with Gasteiger partial charge in [0.1, 0.15) is 0 Å². The molecule has 0 heterocycles. The Hall–Kier alpha value is 0.651. The van der Waals surface area contributed by atoms with Crippen molar-refractivity contribution in [2.24, 2.45) is 0 Å². The average molecular weight is 343 g/mol. The van der Waals surface area contributed by atoms with Gasteiger partial charge in [0, 0.05) is 0 Å². The van der Waals surface area contributed by atoms with E-state index in [2.05, 4.69) is 83.1 Å². The minimum Gasteiger partial charge on any atom is -0.282 e. The summed E-state index contributed by atoms with van der Waals surface area (Å²) >= 11 is 0. The second kappa shape index (κ2) is 8.49. The highest BCUT2D eigenvalue weighted by Crippen LogP contribution is 2.48. The summed E-state index contributed by atoms with van der Waals surface area (Å²) in [6.45, 7) is 30.7. The maximum Gasteiger partial charge on any atom is -0.0704 e. The lowest BCUT2D eigenvalue weighted by molar-refractivity contribution is 0.882. The van der Waals surface area contributed by atoms with Crippen LogP contribution in [0.3, 0.4) is 0 Å². The van der Waals surface area contributed by atoms with E-state index in [0.717, 1.165) is 33.2 Å². The number of hydrogen-bond acceptors (Lipinski definition) is 0. The second-order valence-corrected chi connectivity index (χ2v) is 29.1. The fourth-order valence-corrected chi connectivity index (χ4v) is 50.1. The molecule has 0 unspecified atom stereocenters. The smallest absolute Gasteiger partial charge is 0.0704 e. The summed E-state index contributed by atoms with van der Waals surface area (Å²) in [6.07, 6.45) is 0. The van der Waals surface area contributed by atoms with Gasteiger partial charge in [0.25, 0.3) is 0 Å². The largest absolute Gasteiger partial charge is 0.282 e. The van der Waals surface area contributed by atoms with Gasteiger partial charge in [0.05, 0.1) is 0 Å². The molecule has 0 atom stereocenters. The molecule has 0 saturated carbocycles. The Morgan fingerprint density at radius 1 is 0.429 bits per heavy atom. The summed E-state index contributed by atoms with van der Waals surface area (Å²) in [7, 11) is -1.82. The molecule has 128 valence electrons. The van der Waals surface area contributed by atoms with Gasteiger partial charge in [-0.25, -0.2) is 7.11 Å². The first-order valence-corrected chi connectivity index (χ1v) is 16.6. The van der Waals surface area contributed by atoms with Crippen LogP contribution in [0, 0.1) is 0 Å². The first-order valence-electron chi connectivity index (χ1n) is 9.16. The molecule has 0 rings (SSSR count). The normalized spacial score (nSPS) is 14.3. The molecule has 0 bridgehead atoms. The van der Waals surface area contributed by atoms with Crippen molar-refractivity contribution in [3.05, 3.63) is 0 Å². The topological polar surface area (TPSA) is 0 Å². The van der Waals surface area contributed by atoms with Gasteiger partial charge in [0.2, 0.25) is 0 Å². The number of hydrogen-bond donors (Lipinski definition) is 0. The Bertz CT molecular complexity index is 247. The molecule has 0 saturated heterocycles. The van der Waals surface area contributed by atoms with E-state index < -0.39 is 7.11 Å². The van der Waals surface area contributed by atoms with Crippen molar-refractivity contribution in [2.45, 2.75) is 116 Å². The highest BCUT2D eigenvalue weighted by atomic mass is 29.6. The van der Waals surface area contributed by atoms with E-state index in [9.17, 15) is 0 Å². The van der Waals surface area contributed by atoms with Crippen LogP contribution in [0.1, 0.15) is 83.1 Å². The Morgan fingerprint density at radius 3 is 0.714 bits per heavy atom. The van der Waals surface area contributed by atoms with E-state index in [1.807, 2.05) is 0 Å². The van der Waals surface area contributed by atoms with Gasteiger partial charge in [-0.3, -0.25) is 16.6 Å². The summed E-state index contributed by atoms with van der Waals surface area (Å²) in [5.74, 6) is 0. The van der Waals surface area contributed by atoms with Gasteiger partial charge >= 0.3 is 0 Å². The Kier molecular flexibility index (Phi) is 8.75. The highest BCUT2D eigenvalue weighted by Gasteiger charge is 2.36. The van der Waals surface area contributed by atoms with Gasteiger partial charge in [-0.05, 0) is 0 Å². The van der Waals surface area contributed by atoms with Gasteiger partial charge in [-0.15, -0.1) is 11.1 Å². The molecule has 0 amide bonds. The van der Waals surface area contributed by atoms with Crippen LogP contribution in [0.5, 0.6) is 0 Å². The average Bonchev–Trinajstić information content (AvgIpc) is 2.24. The molecule has 0 nitrogen and oxygen atoms in total. The van der Waals surface area contributed by atoms with E-state index >= 15 is 0 Å². The van der Waals surface area contributed by atoms with Crippen molar-refractivity contribution < 1.29 is 0 Å². The van der Waals surface area contributed by atoms with Crippen LogP contribution in [0.4, 0.5) is 0 Å². The summed E-state index contributed by atoms with van der Waals surface area (Å²) in [6, 6.07) is 0. The van der Waals surface area contributed by atoms with Crippen molar-refractivity contribution in [3.8, 4) is 0 Å². The molecule has 21 heavy (non-hydrogen) atoms. The quantitative estimate of drug-likeness (QED) is 0.415. The fraction of sp³-hybridized carbons (Fsp3) is 1.00. The molecule has 0 fully saturated rings. The zero-order valence-electron chi connectivity index (χ0n) is 17.0. The van der Waals surface area contributed by atoms with Gasteiger partial charge < -0.3 is 0 Å². The maximum atomic E-state index is 2.59. The third-order valence-corrected chi connectivity index (χ3v) is 40.6. The third kappa shape index (κ3) is 4.35. The van der Waals surface area contributed by atoms with Crippen LogP contribution < -0.4 is 0 Å². The van der Waals surface area contributed by atoms with Crippen LogP contribution in [-0.2, 0) is 0 Å². The summed E-state index contributed by atoms with van der Waals surface area (Å²) in [4.78, 5) is 0. The second-order valence-electron chi connectivity index (χ2n) is 8.71. The maximum absolute atomic E-state index is 2.59. The monoisotopic (exact) mass is 342 g/mol. The molecule has 0 aromatic rings. The van der Waals surface area contributed by atoms with Crippen LogP contribution in [-0.4, -0.2) is 23.7 Å². The SMILES string of the molecule is CC(C)[Si-](C(C)C)[Si](C(C)C)(C(C)C)[Si-](C(C)C)C(C)C. The van der Waals surface area contributed by atoms with Crippen molar-refractivity contribution in [2.75, 3.05) is 0 Å². The summed E-state index contributed by atoms with van der Waals surface area (Å²) in [5.41, 5.74) is 5.64. The van der Waals surface area contributed by atoms with E-state index in [1.165, 1.54) is 0 Å². The third-order valence-electron chi connectivity index (χ3n) is 5.26. The van der Waals surface area contributed by atoms with Crippen molar-refractivity contribution >= 4 is 23.7 Å². The van der Waals surface area contributed by atoms with Crippen LogP contribution >= 0.6 is 0 Å². The van der Waals surface area contributed by atoms with Crippen molar-refractivity contribution in [3.63, 3.8) is 0 Å². The van der Waals surface area contributed by atoms with Crippen molar-refractivity contribution in [1.82, 2.24) is 0 Å². The molecule has 0 N–H and O–H groups in total. The highest BCUT2D eigenvalue weighted by molar-refractivity contribution is 7.61. The lowest BCUT2D eigenvalue weighted by Crippen LogP contribution is -2.70. The van der Waals surface area contributed by atoms with Gasteiger partial charge in [0.15, 0.2) is 0 Å². The van der Waals surface area contributed by atoms with Crippen molar-refractivity contribution in [1.29, 1.82) is 0 Å². The number of rotatable bonds is 8. The van der Waals surface area contributed by atoms with E-state index in [-0.39, 0.29) is 16.6 Å². The molecule has 0 aliphatic rings. The van der Waals surface area contributed by atoms with E-state index in [4.69, 9.17) is 0 Å². The Balaban J connectivity index is 6.32. The molecule has 0 spiro atoms. The molecule has 0 aliphatic heterocycles. The van der Waals surface area contributed by atoms with E-state index in [1.54, 1.807) is 0 Å². The van der Waals surface area contributed by atoms with Crippen LogP contribution in [0.25, 0.3) is 0 Å². The molecule has 0 radical (unpaired) electrons. The van der Waals surface area contributed by atoms with Gasteiger partial charge in [-0.1, -0.05) is 83.1 Å². The Morgan fingerprint density at radius 2 is 0.619 bits per heavy atom. The molecule has 0 aromatic carbocycles. The predicted molar refractivity (Wildman–Crippen MR) is 108 cm³/mol. The van der Waals surface area contributed by atoms with Crippen LogP contribution in [0.2, 0.25) is 33.2 Å². The summed E-state index contributed by atoms with van der Waals surface area (Å²) < 4.78 is 0. The van der Waals surface area contributed by atoms with Crippen LogP contribution in [0.15, 0.2) is 0 Å². The minimum absolute atomic E-state index is 0.279. The lowest BCUT2D eigenvalue weighted by Gasteiger charge is -2.75. The minimum atomic E-state index is -1.26. The van der Waals surface area contributed by atoms with E-state index in [0.29, 0.717) is 0 Å². The molecular formula is C18H42Si3-2. The Labute approximate surface area is 140 Å². The molecular weight excluding hydrogens is 300 g/mol. The van der Waals surface area contributed by atoms with Gasteiger partial charge in [-0.2, -0.15) is 22.2 Å². The standard InChI is InChI=1S/C18H42Si3/c1-13(2)19(14(3)4)21(17(9)10,18(11)12)20(15(5)6)16(7)8/h13-18H,1-12H3/q-2. The fourth-order valence-electron chi connectivity index (χ4n) is 5.41. The molecule has 3 heteroatoms. The predicted octanol–water partition coefficient (Wildman–Crippen LogP) is 7.04. The molecule has 0 aromatic heterocycles. The molecule has 0 aliphatic carbocycles. The zero-order valence-corrected chi connectivity index (χ0v) is 20.0. The first kappa shape index (κ1) is 21.7.